The molecule has 1 aliphatic heterocycles. The summed E-state index contributed by atoms with van der Waals surface area (Å²) in [6.07, 6.45) is 8.43. The van der Waals surface area contributed by atoms with E-state index in [1.807, 2.05) is 4.52 Å². The molecule has 3 aromatic rings. The number of benzene rings is 1. The Morgan fingerprint density at radius 1 is 1.12 bits per heavy atom. The van der Waals surface area contributed by atoms with Crippen LogP contribution in [-0.4, -0.2) is 44.8 Å². The third-order valence-electron chi connectivity index (χ3n) is 5.81. The minimum atomic E-state index is 0.447. The van der Waals surface area contributed by atoms with Crippen molar-refractivity contribution >= 4 is 16.3 Å². The first-order valence-electron chi connectivity index (χ1n) is 9.76. The highest BCUT2D eigenvalue weighted by atomic mass is 32.1. The number of rotatable bonds is 3. The van der Waals surface area contributed by atoms with E-state index in [0.29, 0.717) is 5.92 Å². The van der Waals surface area contributed by atoms with E-state index in [4.69, 9.17) is 5.10 Å². The van der Waals surface area contributed by atoms with Crippen LogP contribution in [0.4, 0.5) is 0 Å². The molecule has 1 unspecified atom stereocenters. The van der Waals surface area contributed by atoms with Crippen LogP contribution in [0.2, 0.25) is 0 Å². The molecular weight excluding hydrogens is 342 g/mol. The summed E-state index contributed by atoms with van der Waals surface area (Å²) < 4.78 is 2.00. The number of piperidine rings is 1. The van der Waals surface area contributed by atoms with Crippen molar-refractivity contribution in [3.8, 4) is 0 Å². The number of nitrogens with zero attached hydrogens (tertiary/aromatic N) is 5. The van der Waals surface area contributed by atoms with Gasteiger partial charge in [-0.1, -0.05) is 29.5 Å². The highest BCUT2D eigenvalue weighted by Gasteiger charge is 2.25. The summed E-state index contributed by atoms with van der Waals surface area (Å²) in [5.74, 6) is 1.49. The summed E-state index contributed by atoms with van der Waals surface area (Å²) in [5, 5.41) is 14.9. The highest BCUT2D eigenvalue weighted by Crippen LogP contribution is 2.28. The number of fused-ring (bicyclic) bond motifs is 2. The van der Waals surface area contributed by atoms with Crippen LogP contribution in [0, 0.1) is 0 Å². The van der Waals surface area contributed by atoms with Gasteiger partial charge < -0.3 is 4.90 Å². The van der Waals surface area contributed by atoms with Gasteiger partial charge in [-0.25, -0.2) is 0 Å². The van der Waals surface area contributed by atoms with E-state index in [-0.39, 0.29) is 0 Å². The fourth-order valence-electron chi connectivity index (χ4n) is 4.45. The summed E-state index contributed by atoms with van der Waals surface area (Å²) in [4.78, 5) is 3.32. The second kappa shape index (κ2) is 6.74. The lowest BCUT2D eigenvalue weighted by molar-refractivity contribution is 0.244. The van der Waals surface area contributed by atoms with Crippen LogP contribution in [-0.2, 0) is 19.3 Å². The predicted molar refractivity (Wildman–Crippen MR) is 104 cm³/mol. The Kier molecular flexibility index (Phi) is 4.25. The van der Waals surface area contributed by atoms with Gasteiger partial charge in [-0.3, -0.25) is 0 Å². The molecule has 1 aromatic carbocycles. The fraction of sp³-hybridized carbons (Fsp3) is 0.550. The van der Waals surface area contributed by atoms with Crippen molar-refractivity contribution in [2.45, 2.75) is 50.9 Å². The number of aryl methyl sites for hydroxylation is 2. The van der Waals surface area contributed by atoms with Gasteiger partial charge in [0.05, 0.1) is 0 Å². The summed E-state index contributed by atoms with van der Waals surface area (Å²) in [6, 6.07) is 7.00. The second-order valence-corrected chi connectivity index (χ2v) is 8.88. The fourth-order valence-corrected chi connectivity index (χ4v) is 5.32. The van der Waals surface area contributed by atoms with Gasteiger partial charge in [0, 0.05) is 18.9 Å². The molecule has 1 atom stereocenters. The van der Waals surface area contributed by atoms with Crippen molar-refractivity contribution < 1.29 is 0 Å². The molecule has 5 rings (SSSR count). The van der Waals surface area contributed by atoms with Crippen molar-refractivity contribution in [1.29, 1.82) is 0 Å². The van der Waals surface area contributed by atoms with E-state index in [9.17, 15) is 0 Å². The zero-order valence-corrected chi connectivity index (χ0v) is 16.1. The van der Waals surface area contributed by atoms with E-state index in [1.54, 1.807) is 22.5 Å². The van der Waals surface area contributed by atoms with Gasteiger partial charge in [0.2, 0.25) is 4.96 Å². The maximum atomic E-state index is 4.87. The SMILES string of the molecule is CN1CCCC(c2nnc3sc(Cc4ccc5c(c4)CCCC5)nn23)C1. The van der Waals surface area contributed by atoms with Gasteiger partial charge in [-0.05, 0) is 68.8 Å². The number of hydrogen-bond donors (Lipinski definition) is 0. The largest absolute Gasteiger partial charge is 0.306 e. The molecule has 0 N–H and O–H groups in total. The van der Waals surface area contributed by atoms with Gasteiger partial charge >= 0.3 is 0 Å². The normalized spacial score (nSPS) is 21.2. The Morgan fingerprint density at radius 2 is 2.00 bits per heavy atom. The Labute approximate surface area is 158 Å². The maximum absolute atomic E-state index is 4.87. The molecule has 3 heterocycles. The third kappa shape index (κ3) is 3.05. The molecule has 1 fully saturated rings. The Balaban J connectivity index is 1.40. The van der Waals surface area contributed by atoms with Crippen LogP contribution < -0.4 is 0 Å². The van der Waals surface area contributed by atoms with Gasteiger partial charge in [-0.15, -0.1) is 10.2 Å². The third-order valence-corrected chi connectivity index (χ3v) is 6.71. The van der Waals surface area contributed by atoms with Gasteiger partial charge in [0.15, 0.2) is 5.82 Å². The summed E-state index contributed by atoms with van der Waals surface area (Å²) in [5.41, 5.74) is 4.46. The van der Waals surface area contributed by atoms with Crippen LogP contribution in [0.5, 0.6) is 0 Å². The standard InChI is InChI=1S/C20H25N5S/c1-24-10-4-7-17(13-24)19-21-22-20-25(19)23-18(26-20)12-14-8-9-15-5-2-3-6-16(15)11-14/h8-9,11,17H,2-7,10,12-13H2,1H3. The van der Waals surface area contributed by atoms with Crippen molar-refractivity contribution in [2.75, 3.05) is 20.1 Å². The molecule has 1 saturated heterocycles. The molecule has 6 heteroatoms. The van der Waals surface area contributed by atoms with Gasteiger partial charge in [0.25, 0.3) is 0 Å². The lowest BCUT2D eigenvalue weighted by Gasteiger charge is -2.28. The molecule has 0 bridgehead atoms. The Hall–Kier alpha value is -1.79. The van der Waals surface area contributed by atoms with Gasteiger partial charge in [-0.2, -0.15) is 9.61 Å². The van der Waals surface area contributed by atoms with E-state index in [2.05, 4.69) is 40.3 Å². The molecule has 0 radical (unpaired) electrons. The highest BCUT2D eigenvalue weighted by molar-refractivity contribution is 7.16. The molecule has 2 aromatic heterocycles. The molecule has 2 aliphatic rings. The topological polar surface area (TPSA) is 46.3 Å². The van der Waals surface area contributed by atoms with Crippen molar-refractivity contribution in [1.82, 2.24) is 24.7 Å². The second-order valence-electron chi connectivity index (χ2n) is 7.84. The molecular formula is C20H25N5S. The summed E-state index contributed by atoms with van der Waals surface area (Å²) in [6.45, 7) is 2.23. The molecule has 136 valence electrons. The monoisotopic (exact) mass is 367 g/mol. The van der Waals surface area contributed by atoms with E-state index in [0.717, 1.165) is 28.8 Å². The van der Waals surface area contributed by atoms with Crippen LogP contribution in [0.25, 0.3) is 4.96 Å². The minimum absolute atomic E-state index is 0.447. The minimum Gasteiger partial charge on any atom is -0.306 e. The quantitative estimate of drug-likeness (QED) is 0.711. The number of hydrogen-bond acceptors (Lipinski definition) is 5. The van der Waals surface area contributed by atoms with E-state index < -0.39 is 0 Å². The molecule has 0 saturated carbocycles. The Bertz CT molecular complexity index is 928. The molecule has 1 aliphatic carbocycles. The van der Waals surface area contributed by atoms with E-state index in [1.165, 1.54) is 50.6 Å². The summed E-state index contributed by atoms with van der Waals surface area (Å²) in [7, 11) is 2.19. The number of aromatic nitrogens is 4. The molecule has 5 nitrogen and oxygen atoms in total. The first-order valence-corrected chi connectivity index (χ1v) is 10.6. The number of likely N-dealkylation sites (N-methyl/N-ethyl adjacent to an activating group) is 1. The zero-order valence-electron chi connectivity index (χ0n) is 15.3. The van der Waals surface area contributed by atoms with Crippen molar-refractivity contribution in [2.24, 2.45) is 0 Å². The lowest BCUT2D eigenvalue weighted by Crippen LogP contribution is -2.31. The average molecular weight is 368 g/mol. The number of likely N-dealkylation sites (tertiary alicyclic amines) is 1. The van der Waals surface area contributed by atoms with Gasteiger partial charge in [0.1, 0.15) is 5.01 Å². The predicted octanol–water partition coefficient (Wildman–Crippen LogP) is 3.46. The maximum Gasteiger partial charge on any atom is 0.234 e. The summed E-state index contributed by atoms with van der Waals surface area (Å²) >= 11 is 1.68. The van der Waals surface area contributed by atoms with Crippen LogP contribution in [0.3, 0.4) is 0 Å². The molecule has 0 spiro atoms. The average Bonchev–Trinajstić information content (AvgIpc) is 3.21. The lowest BCUT2D eigenvalue weighted by atomic mass is 9.90. The first-order chi connectivity index (χ1) is 12.8. The molecule has 0 amide bonds. The zero-order chi connectivity index (χ0) is 17.5. The van der Waals surface area contributed by atoms with E-state index >= 15 is 0 Å². The van der Waals surface area contributed by atoms with Crippen molar-refractivity contribution in [3.63, 3.8) is 0 Å². The van der Waals surface area contributed by atoms with Crippen LogP contribution >= 0.6 is 11.3 Å². The van der Waals surface area contributed by atoms with Crippen LogP contribution in [0.1, 0.15) is 59.1 Å². The van der Waals surface area contributed by atoms with Crippen molar-refractivity contribution in [3.05, 3.63) is 45.7 Å². The molecule has 26 heavy (non-hydrogen) atoms. The van der Waals surface area contributed by atoms with Crippen LogP contribution in [0.15, 0.2) is 18.2 Å². The first kappa shape index (κ1) is 16.4. The Morgan fingerprint density at radius 3 is 2.88 bits per heavy atom. The smallest absolute Gasteiger partial charge is 0.234 e.